The molecule has 27 heteroatoms. The van der Waals surface area contributed by atoms with Crippen molar-refractivity contribution < 1.29 is 81.2 Å². The molecule has 0 saturated carbocycles. The van der Waals surface area contributed by atoms with Crippen LogP contribution in [0.3, 0.4) is 0 Å². The summed E-state index contributed by atoms with van der Waals surface area (Å²) in [6, 6.07) is 15.3. The van der Waals surface area contributed by atoms with E-state index in [1.54, 1.807) is 29.8 Å². The Morgan fingerprint density at radius 3 is 2.21 bits per heavy atom. The van der Waals surface area contributed by atoms with E-state index in [0.29, 0.717) is 46.6 Å². The van der Waals surface area contributed by atoms with Gasteiger partial charge in [-0.15, -0.1) is 33.5 Å². The summed E-state index contributed by atoms with van der Waals surface area (Å²) in [5.74, 6) is -1.37. The fourth-order valence-corrected chi connectivity index (χ4v) is 8.37. The topological polar surface area (TPSA) is 317 Å². The van der Waals surface area contributed by atoms with Crippen LogP contribution in [0.1, 0.15) is 11.1 Å². The van der Waals surface area contributed by atoms with E-state index in [1.165, 1.54) is 43.5 Å². The Labute approximate surface area is 363 Å². The molecule has 0 aliphatic carbocycles. The summed E-state index contributed by atoms with van der Waals surface area (Å²) >= 11 is 2.20. The van der Waals surface area contributed by atoms with Crippen LogP contribution in [0.15, 0.2) is 113 Å². The summed E-state index contributed by atoms with van der Waals surface area (Å²) in [4.78, 5) is 12.6. The number of nitrogens with zero attached hydrogens (tertiary/aromatic N) is 5. The highest BCUT2D eigenvalue weighted by Gasteiger charge is 2.22. The third kappa shape index (κ3) is 13.2. The lowest BCUT2D eigenvalue weighted by molar-refractivity contribution is -0.692. The van der Waals surface area contributed by atoms with Crippen LogP contribution in [-0.4, -0.2) is 59.4 Å². The number of hydrogen-bond donors (Lipinski definition) is 5. The van der Waals surface area contributed by atoms with E-state index in [-0.39, 0.29) is 83.2 Å². The number of phenols is 1. The SMILES string of the molecule is COc1cc(SOC(=O)CSOOO)c(C)cc1N=Nc1c(SOOO)cc2c(N=Nc3ccc(S(=O)(=O)CC[n+]4cccc(C)c4)cc3SOOO)c(N)ccc2c1O.O. The van der Waals surface area contributed by atoms with Crippen LogP contribution in [0.2, 0.25) is 0 Å². The Morgan fingerprint density at radius 2 is 1.51 bits per heavy atom. The lowest BCUT2D eigenvalue weighted by Gasteiger charge is -2.12. The molecule has 0 aliphatic rings. The van der Waals surface area contributed by atoms with Gasteiger partial charge >= 0.3 is 5.97 Å². The Hall–Kier alpha value is -4.69. The number of sulfone groups is 1. The molecule has 0 radical (unpaired) electrons. The molecule has 0 atom stereocenters. The van der Waals surface area contributed by atoms with Gasteiger partial charge in [-0.2, -0.15) is 0 Å². The standard InChI is InChI=1S/C34H32N6O15S5.H2O/c1-19-5-4-10-40(17-19)11-12-60(46,47)21-6-9-25(29(14-21)58-54-51-44)36-38-32-23-15-30(59-55-52-45)33(34(42)22(23)7-8-24(32)35)39-37-26-13-20(2)28(16-27(26)48-3)57-49-31(41)18-56-53-50-43;/h4-10,13-17H,11-12,18,35H2,1-3H3,(H3-,42,43,44,45);1H2/p+1. The molecule has 0 fully saturated rings. The molecule has 0 amide bonds. The number of rotatable bonds is 21. The van der Waals surface area contributed by atoms with Gasteiger partial charge in [-0.3, -0.25) is 4.79 Å². The first-order valence-electron chi connectivity index (χ1n) is 16.6. The van der Waals surface area contributed by atoms with E-state index in [4.69, 9.17) is 30.4 Å². The second kappa shape index (κ2) is 23.5. The van der Waals surface area contributed by atoms with Gasteiger partial charge in [-0.25, -0.2) is 28.8 Å². The number of pyridine rings is 1. The highest BCUT2D eigenvalue weighted by molar-refractivity contribution is 7.96. The minimum absolute atomic E-state index is 0. The molecular weight excluding hydrogens is 909 g/mol. The molecule has 1 aromatic heterocycles. The van der Waals surface area contributed by atoms with Crippen LogP contribution in [0.5, 0.6) is 11.5 Å². The maximum atomic E-state index is 13.3. The Morgan fingerprint density at radius 1 is 0.803 bits per heavy atom. The zero-order chi connectivity index (χ0) is 43.2. The van der Waals surface area contributed by atoms with Crippen molar-refractivity contribution in [2.45, 2.75) is 40.0 Å². The van der Waals surface area contributed by atoms with Crippen LogP contribution in [0.25, 0.3) is 10.8 Å². The van der Waals surface area contributed by atoms with Crippen LogP contribution >= 0.6 is 48.2 Å². The zero-order valence-electron chi connectivity index (χ0n) is 31.7. The third-order valence-corrected chi connectivity index (χ3v) is 12.3. The number of methoxy groups -OCH3 is 1. The maximum Gasteiger partial charge on any atom is 0.330 e. The Bertz CT molecular complexity index is 2500. The van der Waals surface area contributed by atoms with E-state index in [9.17, 15) is 18.3 Å². The molecule has 5 aromatic rings. The zero-order valence-corrected chi connectivity index (χ0v) is 35.8. The molecule has 8 N–H and O–H groups in total. The monoisotopic (exact) mass is 943 g/mol. The normalized spacial score (nSPS) is 11.7. The smallest absolute Gasteiger partial charge is 0.330 e. The predicted octanol–water partition coefficient (Wildman–Crippen LogP) is 8.00. The van der Waals surface area contributed by atoms with E-state index >= 15 is 0 Å². The van der Waals surface area contributed by atoms with E-state index in [1.807, 2.05) is 25.3 Å². The molecule has 326 valence electrons. The number of aryl methyl sites for hydroxylation is 3. The minimum Gasteiger partial charge on any atom is -0.505 e. The Balaban J connectivity index is 0.00000819. The summed E-state index contributed by atoms with van der Waals surface area (Å²) in [6.07, 6.45) is 3.59. The first kappa shape index (κ1) is 49.0. The molecule has 4 aromatic carbocycles. The molecule has 1 heterocycles. The number of benzene rings is 4. The van der Waals surface area contributed by atoms with Gasteiger partial charge in [-0.1, -0.05) is 15.1 Å². The highest BCUT2D eigenvalue weighted by atomic mass is 32.2. The van der Waals surface area contributed by atoms with Gasteiger partial charge < -0.3 is 25.2 Å². The van der Waals surface area contributed by atoms with Crippen molar-refractivity contribution in [1.82, 2.24) is 0 Å². The highest BCUT2D eigenvalue weighted by Crippen LogP contribution is 2.48. The van der Waals surface area contributed by atoms with Crippen molar-refractivity contribution in [2.75, 3.05) is 24.3 Å². The third-order valence-electron chi connectivity index (χ3n) is 7.93. The molecule has 0 unspecified atom stereocenters. The fourth-order valence-electron chi connectivity index (χ4n) is 5.17. The van der Waals surface area contributed by atoms with Gasteiger partial charge in [0, 0.05) is 34.4 Å². The number of aromatic nitrogens is 1. The number of aromatic hydroxyl groups is 1. The number of nitrogens with two attached hydrogens (primary N) is 1. The lowest BCUT2D eigenvalue weighted by Crippen LogP contribution is -2.36. The van der Waals surface area contributed by atoms with E-state index in [0.717, 1.165) is 17.6 Å². The Kier molecular flexibility index (Phi) is 18.9. The van der Waals surface area contributed by atoms with E-state index < -0.39 is 21.6 Å². The van der Waals surface area contributed by atoms with Crippen molar-refractivity contribution >= 4 is 103 Å². The van der Waals surface area contributed by atoms with Crippen molar-refractivity contribution in [3.8, 4) is 11.5 Å². The second-order valence-electron chi connectivity index (χ2n) is 11.8. The maximum absolute atomic E-state index is 13.3. The molecular formula is C34H35N6O16S5+. The van der Waals surface area contributed by atoms with Crippen molar-refractivity contribution in [1.29, 1.82) is 0 Å². The van der Waals surface area contributed by atoms with Crippen LogP contribution in [0, 0.1) is 13.8 Å². The quantitative estimate of drug-likeness (QED) is 0.00884. The number of carbonyl (C=O) groups excluding carboxylic acids is 1. The molecule has 22 nitrogen and oxygen atoms in total. The number of carbonyl (C=O) groups is 1. The summed E-state index contributed by atoms with van der Waals surface area (Å²) in [7, 11) is -2.43. The summed E-state index contributed by atoms with van der Waals surface area (Å²) in [6.45, 7) is 3.80. The van der Waals surface area contributed by atoms with Crippen LogP contribution in [-0.2, 0) is 53.5 Å². The molecule has 0 saturated heterocycles. The van der Waals surface area contributed by atoms with Crippen molar-refractivity contribution in [2.24, 2.45) is 20.5 Å². The van der Waals surface area contributed by atoms with Crippen LogP contribution in [0.4, 0.5) is 28.4 Å². The van der Waals surface area contributed by atoms with Gasteiger partial charge in [-0.05, 0) is 74.0 Å². The molecule has 61 heavy (non-hydrogen) atoms. The van der Waals surface area contributed by atoms with Gasteiger partial charge in [0.05, 0.1) is 68.5 Å². The van der Waals surface area contributed by atoms with Crippen molar-refractivity contribution in [3.63, 3.8) is 0 Å². The van der Waals surface area contributed by atoms with Gasteiger partial charge in [0.2, 0.25) is 0 Å². The van der Waals surface area contributed by atoms with E-state index in [2.05, 4.69) is 48.6 Å². The van der Waals surface area contributed by atoms with Gasteiger partial charge in [0.1, 0.15) is 40.0 Å². The summed E-state index contributed by atoms with van der Waals surface area (Å²) < 4.78 is 52.5. The number of ether oxygens (including phenoxy) is 1. The molecule has 0 bridgehead atoms. The first-order valence-corrected chi connectivity index (χ1v) is 21.4. The summed E-state index contributed by atoms with van der Waals surface area (Å²) in [5, 5.41) is 66.1. The number of phenolic OH excluding ortho intramolecular Hbond substituents is 1. The number of azo groups is 2. The summed E-state index contributed by atoms with van der Waals surface area (Å²) in [5.41, 5.74) is 8.25. The molecule has 0 aliphatic heterocycles. The molecule has 5 rings (SSSR count). The second-order valence-corrected chi connectivity index (χ2v) is 16.9. The predicted molar refractivity (Wildman–Crippen MR) is 220 cm³/mol. The number of nitrogen functional groups attached to an aromatic ring is 1. The largest absolute Gasteiger partial charge is 0.505 e. The number of anilines is 1. The van der Waals surface area contributed by atoms with Crippen molar-refractivity contribution in [3.05, 3.63) is 84.2 Å². The minimum atomic E-state index is -3.81. The number of fused-ring (bicyclic) bond motifs is 1. The first-order chi connectivity index (χ1) is 28.9. The fraction of sp³-hybridized carbons (Fsp3) is 0.176. The number of hydrogen-bond acceptors (Lipinski definition) is 24. The molecule has 0 spiro atoms. The average Bonchev–Trinajstić information content (AvgIpc) is 3.23. The van der Waals surface area contributed by atoms with Gasteiger partial charge in [0.15, 0.2) is 34.5 Å². The lowest BCUT2D eigenvalue weighted by atomic mass is 10.1. The average molecular weight is 944 g/mol. The van der Waals surface area contributed by atoms with Gasteiger partial charge in [0.25, 0.3) is 0 Å². The van der Waals surface area contributed by atoms with Crippen LogP contribution < -0.4 is 15.0 Å².